The van der Waals surface area contributed by atoms with Crippen molar-refractivity contribution in [3.05, 3.63) is 23.4 Å². The summed E-state index contributed by atoms with van der Waals surface area (Å²) in [4.78, 5) is 6.39. The summed E-state index contributed by atoms with van der Waals surface area (Å²) in [7, 11) is 1.91. The molecular formula is C14H22N2O3. The average Bonchev–Trinajstić information content (AvgIpc) is 2.38. The molecule has 1 saturated heterocycles. The molecule has 106 valence electrons. The first-order valence-electron chi connectivity index (χ1n) is 6.62. The Bertz CT molecular complexity index is 431. The summed E-state index contributed by atoms with van der Waals surface area (Å²) in [6, 6.07) is 3.72. The van der Waals surface area contributed by atoms with Crippen LogP contribution in [0.25, 0.3) is 0 Å². The van der Waals surface area contributed by atoms with Crippen LogP contribution >= 0.6 is 0 Å². The van der Waals surface area contributed by atoms with Gasteiger partial charge in [0.05, 0.1) is 12.2 Å². The Balaban J connectivity index is 2.10. The molecule has 0 radical (unpaired) electrons. The van der Waals surface area contributed by atoms with E-state index < -0.39 is 5.60 Å². The monoisotopic (exact) mass is 266 g/mol. The number of hydrogen-bond donors (Lipinski definition) is 2. The highest BCUT2D eigenvalue weighted by molar-refractivity contribution is 5.42. The van der Waals surface area contributed by atoms with Gasteiger partial charge in [0, 0.05) is 45.3 Å². The summed E-state index contributed by atoms with van der Waals surface area (Å²) >= 11 is 0. The zero-order valence-electron chi connectivity index (χ0n) is 11.6. The molecule has 1 fully saturated rings. The molecule has 2 heterocycles. The number of anilines is 1. The van der Waals surface area contributed by atoms with Gasteiger partial charge in [-0.1, -0.05) is 0 Å². The van der Waals surface area contributed by atoms with Crippen LogP contribution in [0.5, 0.6) is 0 Å². The minimum Gasteiger partial charge on any atom is -0.392 e. The molecule has 0 atom stereocenters. The molecule has 5 nitrogen and oxygen atoms in total. The van der Waals surface area contributed by atoms with Crippen molar-refractivity contribution in [3.63, 3.8) is 0 Å². The van der Waals surface area contributed by atoms with Crippen molar-refractivity contribution >= 4 is 5.82 Å². The second-order valence-electron chi connectivity index (χ2n) is 5.33. The Hall–Kier alpha value is -1.17. The van der Waals surface area contributed by atoms with Gasteiger partial charge < -0.3 is 19.8 Å². The third-order valence-electron chi connectivity index (χ3n) is 3.53. The molecular weight excluding hydrogens is 244 g/mol. The zero-order valence-corrected chi connectivity index (χ0v) is 11.6. The number of ether oxygens (including phenoxy) is 1. The highest BCUT2D eigenvalue weighted by atomic mass is 16.5. The van der Waals surface area contributed by atoms with Crippen molar-refractivity contribution in [2.45, 2.75) is 32.0 Å². The Labute approximate surface area is 113 Å². The lowest BCUT2D eigenvalue weighted by Gasteiger charge is -2.36. The summed E-state index contributed by atoms with van der Waals surface area (Å²) < 4.78 is 5.28. The maximum absolute atomic E-state index is 10.5. The first-order valence-corrected chi connectivity index (χ1v) is 6.62. The van der Waals surface area contributed by atoms with E-state index in [1.54, 1.807) is 0 Å². The first-order chi connectivity index (χ1) is 9.02. The third kappa shape index (κ3) is 3.65. The van der Waals surface area contributed by atoms with Gasteiger partial charge in [0.15, 0.2) is 0 Å². The summed E-state index contributed by atoms with van der Waals surface area (Å²) in [5.74, 6) is 0.781. The van der Waals surface area contributed by atoms with Crippen LogP contribution in [0, 0.1) is 6.92 Å². The standard InChI is InChI=1S/C14H22N2O3/c1-11-7-12(9-17)8-13(15-11)16(2)10-14(18)3-5-19-6-4-14/h7-8,17-18H,3-6,9-10H2,1-2H3. The molecule has 5 heteroatoms. The summed E-state index contributed by atoms with van der Waals surface area (Å²) in [5, 5.41) is 19.7. The molecule has 0 aromatic carbocycles. The minimum atomic E-state index is -0.711. The molecule has 1 aliphatic rings. The second kappa shape index (κ2) is 5.86. The lowest BCUT2D eigenvalue weighted by molar-refractivity contribution is -0.0573. The first kappa shape index (κ1) is 14.2. The Morgan fingerprint density at radius 2 is 2.05 bits per heavy atom. The molecule has 0 spiro atoms. The maximum atomic E-state index is 10.5. The lowest BCUT2D eigenvalue weighted by atomic mass is 9.94. The van der Waals surface area contributed by atoms with Crippen LogP contribution in [0.3, 0.4) is 0 Å². The van der Waals surface area contributed by atoms with E-state index in [0.29, 0.717) is 32.6 Å². The molecule has 2 N–H and O–H groups in total. The molecule has 1 aliphatic heterocycles. The van der Waals surface area contributed by atoms with Crippen LogP contribution in [0.2, 0.25) is 0 Å². The van der Waals surface area contributed by atoms with E-state index >= 15 is 0 Å². The van der Waals surface area contributed by atoms with E-state index in [1.807, 2.05) is 31.0 Å². The van der Waals surface area contributed by atoms with E-state index in [2.05, 4.69) is 4.98 Å². The molecule has 0 unspecified atom stereocenters. The van der Waals surface area contributed by atoms with E-state index in [-0.39, 0.29) is 6.61 Å². The van der Waals surface area contributed by atoms with E-state index in [0.717, 1.165) is 17.1 Å². The number of aryl methyl sites for hydroxylation is 1. The van der Waals surface area contributed by atoms with E-state index in [1.165, 1.54) is 0 Å². The normalized spacial score (nSPS) is 18.3. The Morgan fingerprint density at radius 1 is 1.37 bits per heavy atom. The molecule has 19 heavy (non-hydrogen) atoms. The average molecular weight is 266 g/mol. The predicted molar refractivity (Wildman–Crippen MR) is 73.2 cm³/mol. The Kier molecular flexibility index (Phi) is 4.39. The van der Waals surface area contributed by atoms with E-state index in [9.17, 15) is 10.2 Å². The predicted octanol–water partition coefficient (Wildman–Crippen LogP) is 0.860. The SMILES string of the molecule is Cc1cc(CO)cc(N(C)CC2(O)CCOCC2)n1. The summed E-state index contributed by atoms with van der Waals surface area (Å²) in [6.07, 6.45) is 1.30. The van der Waals surface area contributed by atoms with E-state index in [4.69, 9.17) is 4.74 Å². The van der Waals surface area contributed by atoms with Gasteiger partial charge in [-0.2, -0.15) is 0 Å². The maximum Gasteiger partial charge on any atom is 0.128 e. The summed E-state index contributed by atoms with van der Waals surface area (Å²) in [6.45, 7) is 3.64. The van der Waals surface area contributed by atoms with Gasteiger partial charge in [0.2, 0.25) is 0 Å². The third-order valence-corrected chi connectivity index (χ3v) is 3.53. The smallest absolute Gasteiger partial charge is 0.128 e. The van der Waals surface area contributed by atoms with Gasteiger partial charge in [-0.25, -0.2) is 4.98 Å². The number of nitrogens with zero attached hydrogens (tertiary/aromatic N) is 2. The van der Waals surface area contributed by atoms with Crippen molar-refractivity contribution < 1.29 is 14.9 Å². The topological polar surface area (TPSA) is 65.8 Å². The molecule has 2 rings (SSSR count). The zero-order chi connectivity index (χ0) is 13.9. The number of hydrogen-bond acceptors (Lipinski definition) is 5. The van der Waals surface area contributed by atoms with Crippen LogP contribution in [0.15, 0.2) is 12.1 Å². The van der Waals surface area contributed by atoms with Crippen molar-refractivity contribution in [3.8, 4) is 0 Å². The van der Waals surface area contributed by atoms with Crippen molar-refractivity contribution in [2.24, 2.45) is 0 Å². The van der Waals surface area contributed by atoms with Crippen molar-refractivity contribution in [2.75, 3.05) is 31.7 Å². The fourth-order valence-electron chi connectivity index (χ4n) is 2.44. The quantitative estimate of drug-likeness (QED) is 0.846. The van der Waals surface area contributed by atoms with Crippen molar-refractivity contribution in [1.82, 2.24) is 4.98 Å². The molecule has 0 amide bonds. The number of likely N-dealkylation sites (N-methyl/N-ethyl adjacent to an activating group) is 1. The highest BCUT2D eigenvalue weighted by Crippen LogP contribution is 2.24. The molecule has 0 bridgehead atoms. The van der Waals surface area contributed by atoms with Crippen LogP contribution in [-0.2, 0) is 11.3 Å². The fraction of sp³-hybridized carbons (Fsp3) is 0.643. The van der Waals surface area contributed by atoms with Gasteiger partial charge >= 0.3 is 0 Å². The largest absolute Gasteiger partial charge is 0.392 e. The van der Waals surface area contributed by atoms with Gasteiger partial charge in [-0.05, 0) is 24.6 Å². The van der Waals surface area contributed by atoms with Crippen LogP contribution in [-0.4, -0.2) is 47.6 Å². The van der Waals surface area contributed by atoms with Crippen molar-refractivity contribution in [1.29, 1.82) is 0 Å². The summed E-state index contributed by atoms with van der Waals surface area (Å²) in [5.41, 5.74) is 0.998. The number of rotatable bonds is 4. The number of pyridine rings is 1. The van der Waals surface area contributed by atoms with Crippen LogP contribution in [0.4, 0.5) is 5.82 Å². The highest BCUT2D eigenvalue weighted by Gasteiger charge is 2.31. The van der Waals surface area contributed by atoms with Gasteiger partial charge in [-0.15, -0.1) is 0 Å². The minimum absolute atomic E-state index is 0.00229. The van der Waals surface area contributed by atoms with Crippen LogP contribution in [0.1, 0.15) is 24.1 Å². The molecule has 1 aromatic rings. The Morgan fingerprint density at radius 3 is 2.68 bits per heavy atom. The second-order valence-corrected chi connectivity index (χ2v) is 5.33. The number of aromatic nitrogens is 1. The van der Waals surface area contributed by atoms with Crippen LogP contribution < -0.4 is 4.90 Å². The number of aliphatic hydroxyl groups is 2. The molecule has 0 aliphatic carbocycles. The molecule has 1 aromatic heterocycles. The fourth-order valence-corrected chi connectivity index (χ4v) is 2.44. The molecule has 0 saturated carbocycles. The van der Waals surface area contributed by atoms with Gasteiger partial charge in [0.1, 0.15) is 5.82 Å². The van der Waals surface area contributed by atoms with Gasteiger partial charge in [-0.3, -0.25) is 0 Å². The number of aliphatic hydroxyl groups excluding tert-OH is 1. The van der Waals surface area contributed by atoms with Gasteiger partial charge in [0.25, 0.3) is 0 Å². The lowest BCUT2D eigenvalue weighted by Crippen LogP contribution is -2.46.